The molecule has 0 unspecified atom stereocenters. The van der Waals surface area contributed by atoms with Gasteiger partial charge in [0.2, 0.25) is 0 Å². The molecule has 1 atom stereocenters. The molecule has 150 valence electrons. The van der Waals surface area contributed by atoms with Gasteiger partial charge in [0.1, 0.15) is 24.7 Å². The van der Waals surface area contributed by atoms with Gasteiger partial charge in [-0.2, -0.15) is 0 Å². The van der Waals surface area contributed by atoms with Gasteiger partial charge in [-0.15, -0.1) is 0 Å². The molecule has 0 aliphatic carbocycles. The fourth-order valence-corrected chi connectivity index (χ4v) is 3.02. The van der Waals surface area contributed by atoms with E-state index in [0.29, 0.717) is 24.6 Å². The molecule has 0 fully saturated rings. The molecule has 0 aliphatic rings. The molecule has 0 saturated carbocycles. The lowest BCUT2D eigenvalue weighted by molar-refractivity contribution is -0.682. The van der Waals surface area contributed by atoms with Gasteiger partial charge >= 0.3 is 0 Å². The summed E-state index contributed by atoms with van der Waals surface area (Å²) < 4.78 is 11.0. The second-order valence-corrected chi connectivity index (χ2v) is 6.80. The Balaban J connectivity index is 1.62. The monoisotopic (exact) mass is 391 g/mol. The zero-order valence-corrected chi connectivity index (χ0v) is 16.8. The third-order valence-electron chi connectivity index (χ3n) is 4.59. The Bertz CT molecular complexity index is 911. The lowest BCUT2D eigenvalue weighted by Crippen LogP contribution is -2.88. The first-order valence-corrected chi connectivity index (χ1v) is 9.68. The molecule has 0 aromatic heterocycles. The number of benzene rings is 3. The highest BCUT2D eigenvalue weighted by Crippen LogP contribution is 2.18. The summed E-state index contributed by atoms with van der Waals surface area (Å²) in [5.41, 5.74) is 2.85. The van der Waals surface area contributed by atoms with E-state index in [1.807, 2.05) is 85.0 Å². The van der Waals surface area contributed by atoms with Crippen molar-refractivity contribution in [1.29, 1.82) is 0 Å². The van der Waals surface area contributed by atoms with Crippen molar-refractivity contribution in [1.82, 2.24) is 0 Å². The Morgan fingerprint density at radius 1 is 0.966 bits per heavy atom. The highest BCUT2D eigenvalue weighted by molar-refractivity contribution is 5.94. The lowest BCUT2D eigenvalue weighted by atomic mass is 10.1. The molecule has 1 amide bonds. The number of rotatable bonds is 9. The normalized spacial score (nSPS) is 11.5. The quantitative estimate of drug-likeness (QED) is 0.550. The minimum atomic E-state index is -0.371. The van der Waals surface area contributed by atoms with Crippen LogP contribution >= 0.6 is 0 Å². The minimum absolute atomic E-state index is 0.0835. The van der Waals surface area contributed by atoms with E-state index in [1.165, 1.54) is 5.56 Å². The van der Waals surface area contributed by atoms with Crippen LogP contribution < -0.4 is 20.1 Å². The van der Waals surface area contributed by atoms with Crippen molar-refractivity contribution in [2.45, 2.75) is 13.0 Å². The summed E-state index contributed by atoms with van der Waals surface area (Å²) in [7, 11) is 1.61. The third kappa shape index (κ3) is 6.09. The molecule has 0 spiro atoms. The number of aryl methyl sites for hydroxylation is 1. The molecule has 3 N–H and O–H groups in total. The smallest absolute Gasteiger partial charge is 0.287 e. The van der Waals surface area contributed by atoms with Crippen molar-refractivity contribution in [3.8, 4) is 11.5 Å². The molecule has 0 radical (unpaired) electrons. The van der Waals surface area contributed by atoms with Gasteiger partial charge < -0.3 is 20.1 Å². The average molecular weight is 391 g/mol. The number of carbonyl (C=O) groups excluding carboxylic acids is 1. The van der Waals surface area contributed by atoms with Gasteiger partial charge in [0, 0.05) is 17.3 Å². The van der Waals surface area contributed by atoms with Crippen LogP contribution in [0.1, 0.15) is 17.2 Å². The topological polar surface area (TPSA) is 64.2 Å². The van der Waals surface area contributed by atoms with Gasteiger partial charge in [0.15, 0.2) is 6.04 Å². The number of nitrogens with one attached hydrogen (secondary N) is 1. The predicted molar refractivity (Wildman–Crippen MR) is 114 cm³/mol. The number of methoxy groups -OCH3 is 1. The van der Waals surface area contributed by atoms with Gasteiger partial charge in [-0.05, 0) is 31.2 Å². The van der Waals surface area contributed by atoms with Crippen LogP contribution in [0, 0.1) is 6.92 Å². The van der Waals surface area contributed by atoms with Crippen LogP contribution in [-0.2, 0) is 4.79 Å². The van der Waals surface area contributed by atoms with Gasteiger partial charge in [-0.25, -0.2) is 0 Å². The van der Waals surface area contributed by atoms with Crippen LogP contribution in [0.2, 0.25) is 0 Å². The van der Waals surface area contributed by atoms with E-state index in [2.05, 4.69) is 5.32 Å². The average Bonchev–Trinajstić information content (AvgIpc) is 2.75. The number of hydrogen-bond acceptors (Lipinski definition) is 3. The van der Waals surface area contributed by atoms with Crippen LogP contribution in [0.5, 0.6) is 11.5 Å². The van der Waals surface area contributed by atoms with Crippen LogP contribution in [-0.4, -0.2) is 26.2 Å². The van der Waals surface area contributed by atoms with Crippen LogP contribution in [0.25, 0.3) is 0 Å². The number of amides is 1. The molecule has 3 rings (SSSR count). The molecule has 0 saturated heterocycles. The van der Waals surface area contributed by atoms with Gasteiger partial charge in [0.05, 0.1) is 7.11 Å². The summed E-state index contributed by atoms with van der Waals surface area (Å²) in [6.45, 7) is 3.21. The standard InChI is InChI=1S/C24H26N2O3/c1-18-11-13-21(14-12-18)29-16-15-25-23(19-7-4-3-5-8-19)24(27)26-20-9-6-10-22(17-20)28-2/h3-14,17,23,25H,15-16H2,1-2H3,(H,26,27)/p+1/t23-/m1/s1. The molecular weight excluding hydrogens is 364 g/mol. The summed E-state index contributed by atoms with van der Waals surface area (Å²) in [6.07, 6.45) is 0. The maximum atomic E-state index is 13.0. The van der Waals surface area contributed by atoms with E-state index in [1.54, 1.807) is 13.2 Å². The summed E-state index contributed by atoms with van der Waals surface area (Å²) in [5.74, 6) is 1.45. The van der Waals surface area contributed by atoms with Crippen molar-refractivity contribution >= 4 is 11.6 Å². The third-order valence-corrected chi connectivity index (χ3v) is 4.59. The van der Waals surface area contributed by atoms with Crippen molar-refractivity contribution in [2.24, 2.45) is 0 Å². The lowest BCUT2D eigenvalue weighted by Gasteiger charge is -2.16. The van der Waals surface area contributed by atoms with Crippen LogP contribution in [0.4, 0.5) is 5.69 Å². The summed E-state index contributed by atoms with van der Waals surface area (Å²) >= 11 is 0. The molecule has 0 heterocycles. The van der Waals surface area contributed by atoms with Gasteiger partial charge in [-0.3, -0.25) is 4.79 Å². The number of ether oxygens (including phenoxy) is 2. The maximum Gasteiger partial charge on any atom is 0.287 e. The fourth-order valence-electron chi connectivity index (χ4n) is 3.02. The van der Waals surface area contributed by atoms with Crippen molar-refractivity contribution in [2.75, 3.05) is 25.6 Å². The van der Waals surface area contributed by atoms with Crippen molar-refractivity contribution in [3.05, 3.63) is 90.0 Å². The molecule has 29 heavy (non-hydrogen) atoms. The van der Waals surface area contributed by atoms with E-state index in [9.17, 15) is 4.79 Å². The largest absolute Gasteiger partial charge is 0.497 e. The van der Waals surface area contributed by atoms with Gasteiger partial charge in [0.25, 0.3) is 5.91 Å². The van der Waals surface area contributed by atoms with E-state index in [-0.39, 0.29) is 11.9 Å². The molecule has 5 nitrogen and oxygen atoms in total. The molecule has 3 aromatic carbocycles. The molecule has 0 bridgehead atoms. The summed E-state index contributed by atoms with van der Waals surface area (Å²) in [4.78, 5) is 13.0. The Hall–Kier alpha value is -3.31. The number of hydrogen-bond donors (Lipinski definition) is 2. The highest BCUT2D eigenvalue weighted by Gasteiger charge is 2.24. The van der Waals surface area contributed by atoms with E-state index < -0.39 is 0 Å². The number of anilines is 1. The van der Waals surface area contributed by atoms with E-state index in [4.69, 9.17) is 9.47 Å². The number of carbonyl (C=O) groups is 1. The Morgan fingerprint density at radius 3 is 2.45 bits per heavy atom. The van der Waals surface area contributed by atoms with Gasteiger partial charge in [-0.1, -0.05) is 54.1 Å². The maximum absolute atomic E-state index is 13.0. The van der Waals surface area contributed by atoms with E-state index >= 15 is 0 Å². The van der Waals surface area contributed by atoms with Crippen molar-refractivity contribution in [3.63, 3.8) is 0 Å². The second kappa shape index (κ2) is 10.3. The zero-order valence-electron chi connectivity index (χ0n) is 16.8. The molecule has 5 heteroatoms. The van der Waals surface area contributed by atoms with Crippen LogP contribution in [0.3, 0.4) is 0 Å². The fraction of sp³-hybridized carbons (Fsp3) is 0.208. The number of nitrogens with two attached hydrogens (primary N) is 1. The highest BCUT2D eigenvalue weighted by atomic mass is 16.5. The first kappa shape index (κ1) is 20.4. The zero-order chi connectivity index (χ0) is 20.5. The first-order valence-electron chi connectivity index (χ1n) is 9.68. The minimum Gasteiger partial charge on any atom is -0.497 e. The van der Waals surface area contributed by atoms with Crippen molar-refractivity contribution < 1.29 is 19.6 Å². The Morgan fingerprint density at radius 2 is 1.72 bits per heavy atom. The Kier molecular flexibility index (Phi) is 7.25. The van der Waals surface area contributed by atoms with Crippen LogP contribution in [0.15, 0.2) is 78.9 Å². The SMILES string of the molecule is COc1cccc(NC(=O)[C@H]([NH2+]CCOc2ccc(C)cc2)c2ccccc2)c1. The summed E-state index contributed by atoms with van der Waals surface area (Å²) in [6, 6.07) is 24.7. The molecule has 0 aliphatic heterocycles. The predicted octanol–water partition coefficient (Wildman–Crippen LogP) is 3.33. The molecular formula is C24H27N2O3+. The molecule has 3 aromatic rings. The second-order valence-electron chi connectivity index (χ2n) is 6.80. The Labute approximate surface area is 171 Å². The van der Waals surface area contributed by atoms with E-state index in [0.717, 1.165) is 11.3 Å². The number of quaternary nitrogens is 1. The summed E-state index contributed by atoms with van der Waals surface area (Å²) in [5, 5.41) is 4.99. The first-order chi connectivity index (χ1) is 14.2.